The van der Waals surface area contributed by atoms with Gasteiger partial charge in [-0.15, -0.1) is 0 Å². The van der Waals surface area contributed by atoms with Crippen LogP contribution in [0.2, 0.25) is 5.02 Å². The molecule has 0 saturated carbocycles. The van der Waals surface area contributed by atoms with Crippen LogP contribution in [0.1, 0.15) is 31.2 Å². The Morgan fingerprint density at radius 3 is 2.87 bits per heavy atom. The van der Waals surface area contributed by atoms with Crippen molar-refractivity contribution in [1.82, 2.24) is 4.57 Å². The van der Waals surface area contributed by atoms with Crippen LogP contribution in [0, 0.1) is 5.82 Å². The number of hydrogen-bond acceptors (Lipinski definition) is 6. The molecule has 0 radical (unpaired) electrons. The number of hydrogen-bond donors (Lipinski definition) is 0. The number of thiazole rings is 1. The van der Waals surface area contributed by atoms with E-state index in [-0.39, 0.29) is 27.3 Å². The molecule has 1 aromatic carbocycles. The summed E-state index contributed by atoms with van der Waals surface area (Å²) in [5, 5.41) is 0.187. The fourth-order valence-electron chi connectivity index (χ4n) is 3.29. The van der Waals surface area contributed by atoms with Crippen molar-refractivity contribution in [2.24, 2.45) is 4.99 Å². The number of allylic oxidation sites excluding steroid dienone is 1. The zero-order chi connectivity index (χ0) is 21.4. The van der Waals surface area contributed by atoms with Gasteiger partial charge in [-0.05, 0) is 44.2 Å². The van der Waals surface area contributed by atoms with Crippen LogP contribution in [0.25, 0.3) is 6.08 Å². The van der Waals surface area contributed by atoms with Gasteiger partial charge in [0.15, 0.2) is 4.80 Å². The summed E-state index contributed by atoms with van der Waals surface area (Å²) < 4.78 is 26.5. The first-order chi connectivity index (χ1) is 14.4. The van der Waals surface area contributed by atoms with E-state index in [1.54, 1.807) is 32.0 Å². The van der Waals surface area contributed by atoms with Gasteiger partial charge in [0.05, 0.1) is 33.7 Å². The van der Waals surface area contributed by atoms with Crippen LogP contribution in [-0.4, -0.2) is 17.1 Å². The lowest BCUT2D eigenvalue weighted by atomic mass is 10.0. The average Bonchev–Trinajstić information content (AvgIpc) is 3.33. The lowest BCUT2D eigenvalue weighted by molar-refractivity contribution is -0.139. The number of rotatable bonds is 4. The monoisotopic (exact) mass is 446 g/mol. The fraction of sp³-hybridized carbons (Fsp3) is 0.190. The number of esters is 1. The van der Waals surface area contributed by atoms with Crippen LogP contribution in [0.5, 0.6) is 0 Å². The van der Waals surface area contributed by atoms with E-state index in [0.717, 1.165) is 11.3 Å². The standard InChI is InChI=1S/C21H16ClFN2O4S/c1-3-28-20(27)17-11(2)24-21-25(18(17)15-8-5-9-29-15)19(26)16(30-21)10-12-13(22)6-4-7-14(12)23/h4-10,18H,3H2,1-2H3/b16-10-/t18-/m0/s1. The van der Waals surface area contributed by atoms with Crippen molar-refractivity contribution >= 4 is 35.0 Å². The van der Waals surface area contributed by atoms with Crippen molar-refractivity contribution in [1.29, 1.82) is 0 Å². The third-order valence-corrected chi connectivity index (χ3v) is 5.92. The maximum absolute atomic E-state index is 14.2. The second kappa shape index (κ2) is 8.04. The number of halogens is 2. The largest absolute Gasteiger partial charge is 0.467 e. The molecular weight excluding hydrogens is 431 g/mol. The van der Waals surface area contributed by atoms with Crippen molar-refractivity contribution in [3.05, 3.63) is 89.7 Å². The third kappa shape index (κ3) is 3.42. The molecule has 0 amide bonds. The van der Waals surface area contributed by atoms with E-state index in [1.165, 1.54) is 29.0 Å². The first-order valence-corrected chi connectivity index (χ1v) is 10.3. The third-order valence-electron chi connectivity index (χ3n) is 4.60. The minimum Gasteiger partial charge on any atom is -0.467 e. The van der Waals surface area contributed by atoms with Crippen molar-refractivity contribution in [2.45, 2.75) is 19.9 Å². The van der Waals surface area contributed by atoms with Crippen LogP contribution in [0.4, 0.5) is 4.39 Å². The van der Waals surface area contributed by atoms with Crippen LogP contribution in [-0.2, 0) is 9.53 Å². The Kier molecular flexibility index (Phi) is 5.44. The Balaban J connectivity index is 1.98. The molecule has 4 rings (SSSR count). The topological polar surface area (TPSA) is 73.8 Å². The Morgan fingerprint density at radius 2 is 2.20 bits per heavy atom. The summed E-state index contributed by atoms with van der Waals surface area (Å²) in [7, 11) is 0. The van der Waals surface area contributed by atoms with Gasteiger partial charge < -0.3 is 9.15 Å². The normalized spacial score (nSPS) is 16.4. The summed E-state index contributed by atoms with van der Waals surface area (Å²) >= 11 is 7.19. The van der Waals surface area contributed by atoms with Crippen molar-refractivity contribution in [3.8, 4) is 0 Å². The van der Waals surface area contributed by atoms with E-state index in [0.29, 0.717) is 16.3 Å². The molecule has 0 saturated heterocycles. The van der Waals surface area contributed by atoms with E-state index >= 15 is 0 Å². The van der Waals surface area contributed by atoms with Gasteiger partial charge in [-0.3, -0.25) is 9.36 Å². The molecule has 0 spiro atoms. The molecule has 0 fully saturated rings. The smallest absolute Gasteiger partial charge is 0.338 e. The number of ether oxygens (including phenoxy) is 1. The zero-order valence-corrected chi connectivity index (χ0v) is 17.6. The highest BCUT2D eigenvalue weighted by Crippen LogP contribution is 2.30. The van der Waals surface area contributed by atoms with Gasteiger partial charge in [0.25, 0.3) is 5.56 Å². The maximum atomic E-state index is 14.2. The van der Waals surface area contributed by atoms with Crippen molar-refractivity contribution in [3.63, 3.8) is 0 Å². The molecule has 0 bridgehead atoms. The molecule has 3 aromatic rings. The lowest BCUT2D eigenvalue weighted by Gasteiger charge is -2.22. The molecule has 0 N–H and O–H groups in total. The first-order valence-electron chi connectivity index (χ1n) is 9.09. The van der Waals surface area contributed by atoms with Crippen LogP contribution in [0.15, 0.2) is 62.1 Å². The average molecular weight is 447 g/mol. The van der Waals surface area contributed by atoms with Crippen LogP contribution < -0.4 is 14.9 Å². The summed E-state index contributed by atoms with van der Waals surface area (Å²) in [6.45, 7) is 3.55. The number of aromatic nitrogens is 1. The van der Waals surface area contributed by atoms with Gasteiger partial charge >= 0.3 is 5.97 Å². The molecule has 0 unspecified atom stereocenters. The van der Waals surface area contributed by atoms with E-state index in [1.807, 2.05) is 0 Å². The van der Waals surface area contributed by atoms with Gasteiger partial charge in [-0.25, -0.2) is 14.2 Å². The second-order valence-electron chi connectivity index (χ2n) is 6.45. The van der Waals surface area contributed by atoms with Crippen molar-refractivity contribution < 1.29 is 18.3 Å². The number of carbonyl (C=O) groups is 1. The van der Waals surface area contributed by atoms with Gasteiger partial charge in [0.2, 0.25) is 0 Å². The maximum Gasteiger partial charge on any atom is 0.338 e. The molecule has 30 heavy (non-hydrogen) atoms. The number of benzene rings is 1. The number of carbonyl (C=O) groups excluding carboxylic acids is 1. The Labute approximate surface area is 179 Å². The highest BCUT2D eigenvalue weighted by Gasteiger charge is 2.35. The summed E-state index contributed by atoms with van der Waals surface area (Å²) in [6, 6.07) is 6.80. The van der Waals surface area contributed by atoms with Crippen LogP contribution >= 0.6 is 22.9 Å². The minimum atomic E-state index is -0.839. The molecule has 3 heterocycles. The predicted octanol–water partition coefficient (Wildman–Crippen LogP) is 3.18. The van der Waals surface area contributed by atoms with E-state index < -0.39 is 23.4 Å². The minimum absolute atomic E-state index is 0.111. The zero-order valence-electron chi connectivity index (χ0n) is 16.0. The number of fused-ring (bicyclic) bond motifs is 1. The highest BCUT2D eigenvalue weighted by molar-refractivity contribution is 7.07. The Morgan fingerprint density at radius 1 is 1.40 bits per heavy atom. The number of nitrogens with zero attached hydrogens (tertiary/aromatic N) is 2. The van der Waals surface area contributed by atoms with Gasteiger partial charge in [0.1, 0.15) is 17.6 Å². The number of furan rings is 1. The molecule has 0 aliphatic carbocycles. The quantitative estimate of drug-likeness (QED) is 0.577. The molecular formula is C21H16ClFN2O4S. The summed E-state index contributed by atoms with van der Waals surface area (Å²) in [5.74, 6) is -0.727. The van der Waals surface area contributed by atoms with E-state index in [9.17, 15) is 14.0 Å². The molecule has 9 heteroatoms. The van der Waals surface area contributed by atoms with E-state index in [4.69, 9.17) is 20.8 Å². The first kappa shape index (κ1) is 20.3. The highest BCUT2D eigenvalue weighted by atomic mass is 35.5. The second-order valence-corrected chi connectivity index (χ2v) is 7.87. The Hall–Kier alpha value is -2.97. The molecule has 154 valence electrons. The molecule has 2 aromatic heterocycles. The van der Waals surface area contributed by atoms with Gasteiger partial charge in [-0.2, -0.15) is 0 Å². The van der Waals surface area contributed by atoms with Gasteiger partial charge in [0, 0.05) is 5.56 Å². The molecule has 1 atom stereocenters. The summed E-state index contributed by atoms with van der Waals surface area (Å²) in [6.07, 6.45) is 2.85. The fourth-order valence-corrected chi connectivity index (χ4v) is 4.53. The van der Waals surface area contributed by atoms with Crippen LogP contribution in [0.3, 0.4) is 0 Å². The lowest BCUT2D eigenvalue weighted by Crippen LogP contribution is -2.39. The molecule has 1 aliphatic heterocycles. The van der Waals surface area contributed by atoms with E-state index in [2.05, 4.69) is 4.99 Å². The molecule has 6 nitrogen and oxygen atoms in total. The summed E-state index contributed by atoms with van der Waals surface area (Å²) in [4.78, 5) is 30.7. The molecule has 1 aliphatic rings. The van der Waals surface area contributed by atoms with Crippen molar-refractivity contribution in [2.75, 3.05) is 6.61 Å². The summed E-state index contributed by atoms with van der Waals surface area (Å²) in [5.41, 5.74) is 0.315. The predicted molar refractivity (Wildman–Crippen MR) is 111 cm³/mol. The SMILES string of the molecule is CCOC(=O)C1=C(C)N=c2s/c(=C\c3c(F)cccc3Cl)c(=O)n2[C@H]1c1ccco1. The Bertz CT molecular complexity index is 1320. The van der Waals surface area contributed by atoms with Gasteiger partial charge in [-0.1, -0.05) is 29.0 Å².